The fraction of sp³-hybridized carbons (Fsp3) is 0.520. The highest BCUT2D eigenvalue weighted by atomic mass is 16.5. The van der Waals surface area contributed by atoms with Gasteiger partial charge in [-0.15, -0.1) is 0 Å². The van der Waals surface area contributed by atoms with Gasteiger partial charge in [0.2, 0.25) is 5.75 Å². The molecule has 1 aliphatic heterocycles. The van der Waals surface area contributed by atoms with Crippen LogP contribution in [0.5, 0.6) is 17.2 Å². The Morgan fingerprint density at radius 2 is 1.47 bits per heavy atom. The molecule has 1 fully saturated rings. The lowest BCUT2D eigenvalue weighted by Crippen LogP contribution is -2.38. The summed E-state index contributed by atoms with van der Waals surface area (Å²) in [5, 5.41) is 3.58. The van der Waals surface area contributed by atoms with Crippen molar-refractivity contribution in [2.45, 2.75) is 39.9 Å². The third-order valence-corrected chi connectivity index (χ3v) is 5.83. The molecule has 0 saturated carbocycles. The van der Waals surface area contributed by atoms with Crippen molar-refractivity contribution in [2.75, 3.05) is 34.4 Å². The summed E-state index contributed by atoms with van der Waals surface area (Å²) in [6, 6.07) is 12.8. The SMILES string of the molecule is COc1cc(CNCc2ccccc2CN2C[C@H](C)C[C@H](C)C2)cc(OC)c1OC. The number of likely N-dealkylation sites (tertiary alicyclic amines) is 1. The summed E-state index contributed by atoms with van der Waals surface area (Å²) >= 11 is 0. The maximum absolute atomic E-state index is 5.47. The van der Waals surface area contributed by atoms with Crippen LogP contribution in [0.25, 0.3) is 0 Å². The van der Waals surface area contributed by atoms with Crippen molar-refractivity contribution in [2.24, 2.45) is 11.8 Å². The average Bonchev–Trinajstić information content (AvgIpc) is 2.73. The van der Waals surface area contributed by atoms with Gasteiger partial charge in [0, 0.05) is 32.7 Å². The van der Waals surface area contributed by atoms with Crippen LogP contribution in [0.4, 0.5) is 0 Å². The van der Waals surface area contributed by atoms with E-state index in [4.69, 9.17) is 14.2 Å². The van der Waals surface area contributed by atoms with Gasteiger partial charge in [-0.3, -0.25) is 4.90 Å². The molecule has 5 nitrogen and oxygen atoms in total. The van der Waals surface area contributed by atoms with E-state index in [0.29, 0.717) is 17.2 Å². The molecule has 5 heteroatoms. The Balaban J connectivity index is 1.64. The summed E-state index contributed by atoms with van der Waals surface area (Å²) in [6.45, 7) is 9.70. The van der Waals surface area contributed by atoms with Crippen LogP contribution in [0.15, 0.2) is 36.4 Å². The highest BCUT2D eigenvalue weighted by Gasteiger charge is 2.22. The molecule has 0 aromatic heterocycles. The molecule has 0 bridgehead atoms. The second-order valence-electron chi connectivity index (χ2n) is 8.55. The minimum absolute atomic E-state index is 0.624. The molecule has 2 aromatic carbocycles. The quantitative estimate of drug-likeness (QED) is 0.658. The Kier molecular flexibility index (Phi) is 8.00. The molecule has 3 rings (SSSR count). The van der Waals surface area contributed by atoms with Crippen molar-refractivity contribution >= 4 is 0 Å². The Bertz CT molecular complexity index is 789. The third kappa shape index (κ3) is 5.67. The van der Waals surface area contributed by atoms with Gasteiger partial charge in [-0.1, -0.05) is 38.1 Å². The molecule has 2 aromatic rings. The van der Waals surface area contributed by atoms with Gasteiger partial charge >= 0.3 is 0 Å². The van der Waals surface area contributed by atoms with E-state index >= 15 is 0 Å². The summed E-state index contributed by atoms with van der Waals surface area (Å²) in [7, 11) is 4.92. The van der Waals surface area contributed by atoms with Gasteiger partial charge in [-0.05, 0) is 47.1 Å². The van der Waals surface area contributed by atoms with E-state index in [1.807, 2.05) is 12.1 Å². The first-order valence-electron chi connectivity index (χ1n) is 10.8. The third-order valence-electron chi connectivity index (χ3n) is 5.83. The van der Waals surface area contributed by atoms with Crippen LogP contribution in [0.2, 0.25) is 0 Å². The van der Waals surface area contributed by atoms with Crippen molar-refractivity contribution in [1.82, 2.24) is 10.2 Å². The number of piperidine rings is 1. The van der Waals surface area contributed by atoms with Gasteiger partial charge in [0.25, 0.3) is 0 Å². The molecule has 2 atom stereocenters. The van der Waals surface area contributed by atoms with E-state index < -0.39 is 0 Å². The zero-order valence-electron chi connectivity index (χ0n) is 19.0. The lowest BCUT2D eigenvalue weighted by atomic mass is 9.91. The Morgan fingerprint density at radius 3 is 2.03 bits per heavy atom. The van der Waals surface area contributed by atoms with E-state index in [0.717, 1.165) is 37.0 Å². The smallest absolute Gasteiger partial charge is 0.203 e. The van der Waals surface area contributed by atoms with Gasteiger partial charge in [-0.2, -0.15) is 0 Å². The predicted octanol–water partition coefficient (Wildman–Crippen LogP) is 4.48. The molecule has 1 saturated heterocycles. The molecule has 0 radical (unpaired) electrons. The number of hydrogen-bond acceptors (Lipinski definition) is 5. The van der Waals surface area contributed by atoms with Crippen LogP contribution in [-0.4, -0.2) is 39.3 Å². The molecule has 0 spiro atoms. The van der Waals surface area contributed by atoms with E-state index in [1.54, 1.807) is 21.3 Å². The number of benzene rings is 2. The molecule has 1 N–H and O–H groups in total. The van der Waals surface area contributed by atoms with Crippen LogP contribution in [0, 0.1) is 11.8 Å². The lowest BCUT2D eigenvalue weighted by Gasteiger charge is -2.35. The van der Waals surface area contributed by atoms with Crippen molar-refractivity contribution in [3.8, 4) is 17.2 Å². The van der Waals surface area contributed by atoms with Gasteiger partial charge in [0.05, 0.1) is 21.3 Å². The molecule has 0 unspecified atom stereocenters. The minimum atomic E-state index is 0.624. The first kappa shape index (κ1) is 22.4. The molecular formula is C25H36N2O3. The van der Waals surface area contributed by atoms with E-state index in [9.17, 15) is 0 Å². The van der Waals surface area contributed by atoms with Gasteiger partial charge < -0.3 is 19.5 Å². The number of rotatable bonds is 9. The molecule has 30 heavy (non-hydrogen) atoms. The van der Waals surface area contributed by atoms with Crippen molar-refractivity contribution in [3.63, 3.8) is 0 Å². The summed E-state index contributed by atoms with van der Waals surface area (Å²) in [5.41, 5.74) is 3.87. The monoisotopic (exact) mass is 412 g/mol. The zero-order chi connectivity index (χ0) is 21.5. The molecular weight excluding hydrogens is 376 g/mol. The number of methoxy groups -OCH3 is 3. The number of hydrogen-bond donors (Lipinski definition) is 1. The van der Waals surface area contributed by atoms with Crippen molar-refractivity contribution in [3.05, 3.63) is 53.1 Å². The Morgan fingerprint density at radius 1 is 0.867 bits per heavy atom. The number of ether oxygens (including phenoxy) is 3. The molecule has 1 aliphatic rings. The van der Waals surface area contributed by atoms with Gasteiger partial charge in [0.1, 0.15) is 0 Å². The van der Waals surface area contributed by atoms with Gasteiger partial charge in [-0.25, -0.2) is 0 Å². The largest absolute Gasteiger partial charge is 0.493 e. The summed E-state index contributed by atoms with van der Waals surface area (Å²) in [4.78, 5) is 2.61. The summed E-state index contributed by atoms with van der Waals surface area (Å²) < 4.78 is 16.3. The minimum Gasteiger partial charge on any atom is -0.493 e. The standard InChI is InChI=1S/C25H36N2O3/c1-18-10-19(2)16-27(15-18)17-22-9-7-6-8-21(22)14-26-13-20-11-23(28-3)25(30-5)24(12-20)29-4/h6-9,11-12,18-19,26H,10,13-17H2,1-5H3/t18-,19+. The molecule has 0 amide bonds. The van der Waals surface area contributed by atoms with Crippen LogP contribution >= 0.6 is 0 Å². The van der Waals surface area contributed by atoms with Crippen LogP contribution in [-0.2, 0) is 19.6 Å². The lowest BCUT2D eigenvalue weighted by molar-refractivity contribution is 0.134. The van der Waals surface area contributed by atoms with Crippen LogP contribution in [0.3, 0.4) is 0 Å². The summed E-state index contributed by atoms with van der Waals surface area (Å²) in [6.07, 6.45) is 1.34. The number of nitrogens with one attached hydrogen (secondary N) is 1. The molecule has 1 heterocycles. The maximum atomic E-state index is 5.47. The fourth-order valence-electron chi connectivity index (χ4n) is 4.63. The highest BCUT2D eigenvalue weighted by Crippen LogP contribution is 2.38. The van der Waals surface area contributed by atoms with Crippen molar-refractivity contribution < 1.29 is 14.2 Å². The van der Waals surface area contributed by atoms with E-state index in [1.165, 1.54) is 30.6 Å². The average molecular weight is 413 g/mol. The fourth-order valence-corrected chi connectivity index (χ4v) is 4.63. The van der Waals surface area contributed by atoms with E-state index in [2.05, 4.69) is 48.3 Å². The summed E-state index contributed by atoms with van der Waals surface area (Å²) in [5.74, 6) is 3.54. The second kappa shape index (κ2) is 10.7. The molecule has 164 valence electrons. The topological polar surface area (TPSA) is 43.0 Å². The normalized spacial score (nSPS) is 19.5. The Labute approximate surface area is 181 Å². The first-order valence-corrected chi connectivity index (χ1v) is 10.8. The first-order chi connectivity index (χ1) is 14.5. The Hall–Kier alpha value is -2.24. The second-order valence-corrected chi connectivity index (χ2v) is 8.55. The maximum Gasteiger partial charge on any atom is 0.203 e. The number of nitrogens with zero attached hydrogens (tertiary/aromatic N) is 1. The molecule has 0 aliphatic carbocycles. The van der Waals surface area contributed by atoms with Crippen LogP contribution in [0.1, 0.15) is 37.0 Å². The zero-order valence-corrected chi connectivity index (χ0v) is 19.0. The van der Waals surface area contributed by atoms with Crippen LogP contribution < -0.4 is 19.5 Å². The van der Waals surface area contributed by atoms with E-state index in [-0.39, 0.29) is 0 Å². The predicted molar refractivity (Wildman–Crippen MR) is 121 cm³/mol. The van der Waals surface area contributed by atoms with Crippen molar-refractivity contribution in [1.29, 1.82) is 0 Å². The highest BCUT2D eigenvalue weighted by molar-refractivity contribution is 5.53. The van der Waals surface area contributed by atoms with Gasteiger partial charge in [0.15, 0.2) is 11.5 Å².